The zero-order valence-electron chi connectivity index (χ0n) is 10.2. The molecule has 2 amide bonds. The van der Waals surface area contributed by atoms with Gasteiger partial charge >= 0.3 is 6.03 Å². The SMILES string of the molecule is CC1CSC(C)N1C(=O)NC1CCCCC1. The molecule has 1 heterocycles. The first kappa shape index (κ1) is 12.1. The molecular weight excluding hydrogens is 220 g/mol. The Morgan fingerprint density at radius 3 is 2.50 bits per heavy atom. The number of nitrogens with one attached hydrogen (secondary N) is 1. The highest BCUT2D eigenvalue weighted by Gasteiger charge is 2.32. The molecule has 2 aliphatic rings. The van der Waals surface area contributed by atoms with Crippen molar-refractivity contribution in [2.45, 2.75) is 63.4 Å². The van der Waals surface area contributed by atoms with Gasteiger partial charge in [0, 0.05) is 17.8 Å². The van der Waals surface area contributed by atoms with Gasteiger partial charge < -0.3 is 10.2 Å². The minimum atomic E-state index is 0.150. The number of carbonyl (C=O) groups is 1. The van der Waals surface area contributed by atoms with Crippen LogP contribution in [0, 0.1) is 0 Å². The lowest BCUT2D eigenvalue weighted by atomic mass is 9.96. The van der Waals surface area contributed by atoms with Crippen LogP contribution in [0.2, 0.25) is 0 Å². The fourth-order valence-corrected chi connectivity index (χ4v) is 3.84. The van der Waals surface area contributed by atoms with Crippen molar-refractivity contribution in [2.24, 2.45) is 0 Å². The van der Waals surface area contributed by atoms with E-state index in [1.165, 1.54) is 19.3 Å². The molecule has 0 aromatic heterocycles. The summed E-state index contributed by atoms with van der Waals surface area (Å²) < 4.78 is 0. The van der Waals surface area contributed by atoms with E-state index in [1.807, 2.05) is 16.7 Å². The maximum Gasteiger partial charge on any atom is 0.318 e. The van der Waals surface area contributed by atoms with Crippen LogP contribution in [0.3, 0.4) is 0 Å². The van der Waals surface area contributed by atoms with Crippen molar-refractivity contribution in [3.63, 3.8) is 0 Å². The third kappa shape index (κ3) is 2.65. The molecule has 4 heteroatoms. The monoisotopic (exact) mass is 242 g/mol. The Labute approximate surface area is 102 Å². The van der Waals surface area contributed by atoms with Gasteiger partial charge in [0.2, 0.25) is 0 Å². The highest BCUT2D eigenvalue weighted by molar-refractivity contribution is 8.00. The summed E-state index contributed by atoms with van der Waals surface area (Å²) in [6.07, 6.45) is 6.19. The van der Waals surface area contributed by atoms with E-state index in [0.29, 0.717) is 17.5 Å². The van der Waals surface area contributed by atoms with Gasteiger partial charge in [-0.1, -0.05) is 19.3 Å². The topological polar surface area (TPSA) is 32.3 Å². The van der Waals surface area contributed by atoms with Gasteiger partial charge in [0.15, 0.2) is 0 Å². The molecule has 92 valence electrons. The minimum absolute atomic E-state index is 0.150. The molecule has 0 spiro atoms. The number of thioether (sulfide) groups is 1. The van der Waals surface area contributed by atoms with E-state index >= 15 is 0 Å². The van der Waals surface area contributed by atoms with Crippen LogP contribution in [-0.2, 0) is 0 Å². The molecule has 1 saturated heterocycles. The molecular formula is C12H22N2OS. The molecule has 2 atom stereocenters. The zero-order chi connectivity index (χ0) is 11.5. The number of urea groups is 1. The van der Waals surface area contributed by atoms with Crippen LogP contribution in [0.5, 0.6) is 0 Å². The maximum atomic E-state index is 12.1. The second-order valence-corrected chi connectivity index (χ2v) is 6.32. The van der Waals surface area contributed by atoms with Gasteiger partial charge in [0.05, 0.1) is 5.37 Å². The molecule has 0 bridgehead atoms. The maximum absolute atomic E-state index is 12.1. The van der Waals surface area contributed by atoms with E-state index in [2.05, 4.69) is 19.2 Å². The Hall–Kier alpha value is -0.380. The van der Waals surface area contributed by atoms with E-state index in [1.54, 1.807) is 0 Å². The van der Waals surface area contributed by atoms with Crippen molar-refractivity contribution < 1.29 is 4.79 Å². The summed E-state index contributed by atoms with van der Waals surface area (Å²) in [6, 6.07) is 0.951. The van der Waals surface area contributed by atoms with E-state index in [4.69, 9.17) is 0 Å². The molecule has 3 nitrogen and oxygen atoms in total. The predicted octanol–water partition coefficient (Wildman–Crippen LogP) is 2.81. The minimum Gasteiger partial charge on any atom is -0.335 e. The van der Waals surface area contributed by atoms with Gasteiger partial charge in [-0.2, -0.15) is 0 Å². The van der Waals surface area contributed by atoms with Gasteiger partial charge in [-0.25, -0.2) is 4.79 Å². The van der Waals surface area contributed by atoms with Crippen molar-refractivity contribution in [2.75, 3.05) is 5.75 Å². The molecule has 0 aromatic carbocycles. The van der Waals surface area contributed by atoms with Gasteiger partial charge in [0.1, 0.15) is 0 Å². The largest absolute Gasteiger partial charge is 0.335 e. The number of hydrogen-bond acceptors (Lipinski definition) is 2. The Kier molecular flexibility index (Phi) is 4.00. The van der Waals surface area contributed by atoms with Gasteiger partial charge in [-0.15, -0.1) is 11.8 Å². The molecule has 1 N–H and O–H groups in total. The smallest absolute Gasteiger partial charge is 0.318 e. The Balaban J connectivity index is 1.86. The van der Waals surface area contributed by atoms with Crippen molar-refractivity contribution in [3.8, 4) is 0 Å². The summed E-state index contributed by atoms with van der Waals surface area (Å²) in [7, 11) is 0. The zero-order valence-corrected chi connectivity index (χ0v) is 11.1. The Bertz CT molecular complexity index is 243. The molecule has 0 radical (unpaired) electrons. The molecule has 1 saturated carbocycles. The van der Waals surface area contributed by atoms with Crippen molar-refractivity contribution in [3.05, 3.63) is 0 Å². The molecule has 1 aliphatic carbocycles. The van der Waals surface area contributed by atoms with Crippen LogP contribution in [0.15, 0.2) is 0 Å². The summed E-state index contributed by atoms with van der Waals surface area (Å²) in [5.74, 6) is 1.07. The molecule has 1 aliphatic heterocycles. The third-order valence-corrected chi connectivity index (χ3v) is 5.00. The number of carbonyl (C=O) groups excluding carboxylic acids is 1. The number of nitrogens with zero attached hydrogens (tertiary/aromatic N) is 1. The Morgan fingerprint density at radius 1 is 1.25 bits per heavy atom. The van der Waals surface area contributed by atoms with Gasteiger partial charge in [0.25, 0.3) is 0 Å². The first-order valence-electron chi connectivity index (χ1n) is 6.39. The lowest BCUT2D eigenvalue weighted by Crippen LogP contribution is -2.49. The average Bonchev–Trinajstić information content (AvgIpc) is 2.60. The quantitative estimate of drug-likeness (QED) is 0.767. The van der Waals surface area contributed by atoms with Gasteiger partial charge in [-0.05, 0) is 26.7 Å². The predicted molar refractivity (Wildman–Crippen MR) is 68.6 cm³/mol. The highest BCUT2D eigenvalue weighted by atomic mass is 32.2. The van der Waals surface area contributed by atoms with Crippen LogP contribution in [0.1, 0.15) is 46.0 Å². The molecule has 16 heavy (non-hydrogen) atoms. The van der Waals surface area contributed by atoms with Gasteiger partial charge in [-0.3, -0.25) is 0 Å². The lowest BCUT2D eigenvalue weighted by Gasteiger charge is -2.30. The molecule has 2 fully saturated rings. The van der Waals surface area contributed by atoms with Crippen LogP contribution < -0.4 is 5.32 Å². The van der Waals surface area contributed by atoms with Crippen molar-refractivity contribution in [1.29, 1.82) is 0 Å². The van der Waals surface area contributed by atoms with E-state index < -0.39 is 0 Å². The number of hydrogen-bond donors (Lipinski definition) is 1. The molecule has 2 rings (SSSR count). The van der Waals surface area contributed by atoms with Crippen molar-refractivity contribution >= 4 is 17.8 Å². The average molecular weight is 242 g/mol. The lowest BCUT2D eigenvalue weighted by molar-refractivity contribution is 0.179. The standard InChI is InChI=1S/C12H22N2OS/c1-9-8-16-10(2)14(9)12(15)13-11-6-4-3-5-7-11/h9-11H,3-8H2,1-2H3,(H,13,15). The van der Waals surface area contributed by atoms with E-state index in [9.17, 15) is 4.79 Å². The summed E-state index contributed by atoms with van der Waals surface area (Å²) in [4.78, 5) is 14.1. The van der Waals surface area contributed by atoms with Crippen molar-refractivity contribution in [1.82, 2.24) is 10.2 Å². The fraction of sp³-hybridized carbons (Fsp3) is 0.917. The second kappa shape index (κ2) is 5.30. The summed E-state index contributed by atoms with van der Waals surface area (Å²) >= 11 is 1.87. The Morgan fingerprint density at radius 2 is 1.94 bits per heavy atom. The van der Waals surface area contributed by atoms with Crippen LogP contribution in [-0.4, -0.2) is 34.1 Å². The summed E-state index contributed by atoms with van der Waals surface area (Å²) in [5, 5.41) is 3.53. The highest BCUT2D eigenvalue weighted by Crippen LogP contribution is 2.28. The van der Waals surface area contributed by atoms with E-state index in [0.717, 1.165) is 18.6 Å². The molecule has 2 unspecified atom stereocenters. The first-order valence-corrected chi connectivity index (χ1v) is 7.44. The van der Waals surface area contributed by atoms with Crippen LogP contribution in [0.4, 0.5) is 4.79 Å². The van der Waals surface area contributed by atoms with Crippen LogP contribution >= 0.6 is 11.8 Å². The second-order valence-electron chi connectivity index (χ2n) is 4.97. The summed E-state index contributed by atoms with van der Waals surface area (Å²) in [5.41, 5.74) is 0. The summed E-state index contributed by atoms with van der Waals surface area (Å²) in [6.45, 7) is 4.26. The van der Waals surface area contributed by atoms with Crippen LogP contribution in [0.25, 0.3) is 0 Å². The fourth-order valence-electron chi connectivity index (χ4n) is 2.66. The normalized spacial score (nSPS) is 31.8. The third-order valence-electron chi connectivity index (χ3n) is 3.61. The first-order chi connectivity index (χ1) is 7.68. The molecule has 0 aromatic rings. The van der Waals surface area contributed by atoms with E-state index in [-0.39, 0.29) is 6.03 Å². The number of amides is 2. The number of rotatable bonds is 1.